The smallest absolute Gasteiger partial charge is 0.326 e. The molecule has 1 aromatic heterocycles. The number of nitrogens with two attached hydrogens (primary N) is 11. The van der Waals surface area contributed by atoms with E-state index in [9.17, 15) is 62.6 Å². The Morgan fingerprint density at radius 2 is 0.524 bits per heavy atom. The maximum Gasteiger partial charge on any atom is 0.326 e. The van der Waals surface area contributed by atoms with Crippen LogP contribution in [0, 0.1) is 0 Å². The zero-order chi connectivity index (χ0) is 78.2. The van der Waals surface area contributed by atoms with Crippen LogP contribution < -0.4 is 122 Å². The third kappa shape index (κ3) is 42.4. The molecule has 11 amide bonds. The average molecular weight is 1490 g/mol. The molecular weight excluding hydrogens is 1360 g/mol. The van der Waals surface area contributed by atoms with Crippen molar-refractivity contribution in [3.05, 3.63) is 18.2 Å². The Labute approximate surface area is 618 Å². The Kier molecular flexibility index (Phi) is 54.1. The fourth-order valence-corrected chi connectivity index (χ4v) is 11.3. The number of carboxylic acids is 1. The predicted molar refractivity (Wildman–Crippen MR) is 399 cm³/mol. The molecule has 35 N–H and O–H groups in total. The molecule has 0 fully saturated rings. The summed E-state index contributed by atoms with van der Waals surface area (Å²) in [4.78, 5) is 175. The van der Waals surface area contributed by atoms with Crippen LogP contribution in [0.4, 0.5) is 0 Å². The lowest BCUT2D eigenvalue weighted by Gasteiger charge is -2.28. The summed E-state index contributed by atoms with van der Waals surface area (Å²) in [5.41, 5.74) is 64.7. The molecule has 105 heavy (non-hydrogen) atoms. The number of carboxylic acid groups (broad SMARTS) is 1. The Morgan fingerprint density at radius 3 is 0.752 bits per heavy atom. The third-order valence-corrected chi connectivity index (χ3v) is 17.6. The molecule has 0 aliphatic rings. The van der Waals surface area contributed by atoms with Crippen LogP contribution in [-0.2, 0) is 64.0 Å². The van der Waals surface area contributed by atoms with Crippen molar-refractivity contribution in [2.24, 2.45) is 63.1 Å². The zero-order valence-corrected chi connectivity index (χ0v) is 61.8. The maximum atomic E-state index is 14.7. The second-order valence-electron chi connectivity index (χ2n) is 26.5. The van der Waals surface area contributed by atoms with E-state index in [4.69, 9.17) is 63.1 Å². The van der Waals surface area contributed by atoms with E-state index in [-0.39, 0.29) is 117 Å². The highest BCUT2D eigenvalue weighted by molar-refractivity contribution is 5.99. The van der Waals surface area contributed by atoms with E-state index >= 15 is 0 Å². The van der Waals surface area contributed by atoms with Crippen molar-refractivity contribution in [2.75, 3.05) is 72.0 Å². The summed E-state index contributed by atoms with van der Waals surface area (Å²) < 4.78 is 0. The first kappa shape index (κ1) is 95.4. The number of unbranched alkanes of at least 4 members (excludes halogenated alkanes) is 10. The van der Waals surface area contributed by atoms with Crippen LogP contribution in [0.3, 0.4) is 0 Å². The van der Waals surface area contributed by atoms with E-state index in [1.807, 2.05) is 0 Å². The molecule has 11 atom stereocenters. The lowest BCUT2D eigenvalue weighted by atomic mass is 10.0. The van der Waals surface area contributed by atoms with E-state index in [0.717, 1.165) is 0 Å². The highest BCUT2D eigenvalue weighted by atomic mass is 16.4. The monoisotopic (exact) mass is 1490 g/mol. The number of rotatable bonds is 65. The van der Waals surface area contributed by atoms with Gasteiger partial charge in [0, 0.05) is 18.3 Å². The van der Waals surface area contributed by atoms with Gasteiger partial charge in [0.1, 0.15) is 60.4 Å². The molecule has 0 bridgehead atoms. The van der Waals surface area contributed by atoms with Crippen LogP contribution in [-0.4, -0.2) is 224 Å². The van der Waals surface area contributed by atoms with Crippen molar-refractivity contribution in [1.29, 1.82) is 0 Å². The standard InChI is InChI=1S/C68H132N24O13/c69-31-11-1-21-46(79)58(94)84-49(24-4-14-34-72)61(97)86-51(26-6-16-36-74)63(99)88-53(28-8-18-38-76)65(101)90-55(30-10-20-40-78)67(103)91-54(29-9-19-39-77)66(102)89-52(27-7-17-37-75)64(100)87-50(25-5-15-35-73)62(98)85-47(22-2-12-32-70)59(95)81-43-57(93)83-48(23-3-13-33-71)60(96)92-56(68(104)105)41-45-42-80-44-82-45/h42,44,46-56H,1-41,43,69-79H2,(H,80,82)(H,81,95)(H,83,93)(H,84,94)(H,85,98)(H,86,97)(H,87,100)(H,88,99)(H,89,102)(H,90,101)(H,91,103)(H,92,96)(H,104,105)/t46-,47-,48-,49-,50-,51-,52-,53-,54-,55-,56-/m0/s1. The van der Waals surface area contributed by atoms with Gasteiger partial charge in [0.15, 0.2) is 0 Å². The third-order valence-electron chi connectivity index (χ3n) is 17.6. The highest BCUT2D eigenvalue weighted by Gasteiger charge is 2.36. The van der Waals surface area contributed by atoms with Gasteiger partial charge >= 0.3 is 5.97 Å². The van der Waals surface area contributed by atoms with Crippen molar-refractivity contribution >= 4 is 70.9 Å². The Morgan fingerprint density at radius 1 is 0.305 bits per heavy atom. The second-order valence-corrected chi connectivity index (χ2v) is 26.5. The molecule has 37 heteroatoms. The van der Waals surface area contributed by atoms with Crippen LogP contribution >= 0.6 is 0 Å². The van der Waals surface area contributed by atoms with Gasteiger partial charge < -0.3 is 132 Å². The number of nitrogens with one attached hydrogen (secondary N) is 12. The fourth-order valence-electron chi connectivity index (χ4n) is 11.3. The molecule has 37 nitrogen and oxygen atoms in total. The largest absolute Gasteiger partial charge is 0.480 e. The first-order valence-corrected chi connectivity index (χ1v) is 37.8. The summed E-state index contributed by atoms with van der Waals surface area (Å²) in [6, 6.07) is -13.6. The summed E-state index contributed by atoms with van der Waals surface area (Å²) in [5.74, 6) is -9.54. The Hall–Kier alpha value is -7.59. The summed E-state index contributed by atoms with van der Waals surface area (Å²) >= 11 is 0. The minimum absolute atomic E-state index is 0.0195. The molecule has 0 aromatic carbocycles. The van der Waals surface area contributed by atoms with Crippen molar-refractivity contribution < 1.29 is 62.6 Å². The number of H-pyrrole nitrogens is 1. The molecule has 1 rings (SSSR count). The molecule has 0 unspecified atom stereocenters. The van der Waals surface area contributed by atoms with Gasteiger partial charge in [-0.2, -0.15) is 0 Å². The van der Waals surface area contributed by atoms with Crippen LogP contribution in [0.15, 0.2) is 12.5 Å². The average Bonchev–Trinajstić information content (AvgIpc) is 1.54. The number of hydrogen-bond donors (Lipinski definition) is 24. The summed E-state index contributed by atoms with van der Waals surface area (Å²) in [5, 5.41) is 39.6. The molecule has 0 saturated carbocycles. The second kappa shape index (κ2) is 59.5. The number of hydrogen-bond acceptors (Lipinski definition) is 24. The van der Waals surface area contributed by atoms with Crippen molar-refractivity contribution in [2.45, 2.75) is 266 Å². The number of imidazole rings is 1. The molecule has 0 aliphatic carbocycles. The van der Waals surface area contributed by atoms with Gasteiger partial charge in [-0.25, -0.2) is 9.78 Å². The van der Waals surface area contributed by atoms with E-state index < -0.39 is 144 Å². The van der Waals surface area contributed by atoms with Gasteiger partial charge in [0.2, 0.25) is 65.0 Å². The molecule has 0 saturated heterocycles. The number of aliphatic carboxylic acids is 1. The predicted octanol–water partition coefficient (Wildman–Crippen LogP) is -5.38. The minimum atomic E-state index is -1.38. The van der Waals surface area contributed by atoms with Crippen molar-refractivity contribution in [3.8, 4) is 0 Å². The summed E-state index contributed by atoms with van der Waals surface area (Å²) in [6.45, 7) is 2.12. The molecule has 1 aromatic rings. The van der Waals surface area contributed by atoms with Crippen LogP contribution in [0.2, 0.25) is 0 Å². The quantitative estimate of drug-likeness (QED) is 0.0271. The minimum Gasteiger partial charge on any atom is -0.480 e. The van der Waals surface area contributed by atoms with E-state index in [1.54, 1.807) is 0 Å². The van der Waals surface area contributed by atoms with Crippen molar-refractivity contribution in [3.63, 3.8) is 0 Å². The molecule has 0 radical (unpaired) electrons. The fraction of sp³-hybridized carbons (Fsp3) is 0.779. The lowest BCUT2D eigenvalue weighted by Crippen LogP contribution is -2.60. The zero-order valence-electron chi connectivity index (χ0n) is 61.8. The van der Waals surface area contributed by atoms with Gasteiger partial charge in [-0.3, -0.25) is 52.7 Å². The first-order chi connectivity index (χ1) is 50.5. The van der Waals surface area contributed by atoms with E-state index in [0.29, 0.717) is 154 Å². The number of amides is 11. The topological polar surface area (TPSA) is 672 Å². The molecular formula is C68H132N24O13. The van der Waals surface area contributed by atoms with Gasteiger partial charge in [0.05, 0.1) is 18.9 Å². The summed E-state index contributed by atoms with van der Waals surface area (Å²) in [7, 11) is 0. The molecule has 0 aliphatic heterocycles. The number of carbonyl (C=O) groups is 12. The van der Waals surface area contributed by atoms with E-state index in [2.05, 4.69) is 68.5 Å². The molecule has 602 valence electrons. The lowest BCUT2D eigenvalue weighted by molar-refractivity contribution is -0.142. The van der Waals surface area contributed by atoms with Crippen molar-refractivity contribution in [1.82, 2.24) is 68.5 Å². The van der Waals surface area contributed by atoms with Gasteiger partial charge in [-0.1, -0.05) is 6.42 Å². The first-order valence-electron chi connectivity index (χ1n) is 37.8. The maximum absolute atomic E-state index is 14.7. The normalized spacial score (nSPS) is 14.4. The number of carbonyl (C=O) groups excluding carboxylic acids is 11. The molecule has 0 spiro atoms. The number of aromatic amines is 1. The Balaban J connectivity index is 3.64. The van der Waals surface area contributed by atoms with Gasteiger partial charge in [0.25, 0.3) is 0 Å². The van der Waals surface area contributed by atoms with Gasteiger partial charge in [-0.05, 0) is 252 Å². The SMILES string of the molecule is NCCCC[C@H](NC(=O)CNC(=O)[C@H](CCCCN)NC(=O)[C@H](CCCCN)NC(=O)[C@H](CCCCN)NC(=O)[C@H](CCCCN)NC(=O)[C@H](CCCCN)NC(=O)[C@H](CCCCN)NC(=O)[C@H](CCCCN)NC(=O)[C@H](CCCCN)NC(=O)[C@@H](N)CCCCN)C(=O)N[C@@H](Cc1cnc[nH]1)C(=O)O. The molecule has 1 heterocycles. The number of aromatic nitrogens is 2. The highest BCUT2D eigenvalue weighted by Crippen LogP contribution is 2.14. The van der Waals surface area contributed by atoms with Crippen LogP contribution in [0.25, 0.3) is 0 Å². The van der Waals surface area contributed by atoms with Crippen LogP contribution in [0.1, 0.15) is 198 Å². The van der Waals surface area contributed by atoms with Gasteiger partial charge in [-0.15, -0.1) is 0 Å². The van der Waals surface area contributed by atoms with Crippen LogP contribution in [0.5, 0.6) is 0 Å². The van der Waals surface area contributed by atoms with E-state index in [1.165, 1.54) is 12.5 Å². The summed E-state index contributed by atoms with van der Waals surface area (Å²) in [6.07, 6.45) is 12.3. The Bertz CT molecular complexity index is 2650. The number of nitrogens with zero attached hydrogens (tertiary/aromatic N) is 1.